The van der Waals surface area contributed by atoms with Gasteiger partial charge in [0, 0.05) is 16.7 Å². The lowest BCUT2D eigenvalue weighted by Gasteiger charge is -2.08. The molecule has 7 nitrogen and oxygen atoms in total. The Hall–Kier alpha value is -2.40. The van der Waals surface area contributed by atoms with E-state index in [9.17, 15) is 4.79 Å². The maximum atomic E-state index is 10.7. The van der Waals surface area contributed by atoms with Crippen LogP contribution in [-0.4, -0.2) is 32.6 Å². The molecule has 2 N–H and O–H groups in total. The van der Waals surface area contributed by atoms with Gasteiger partial charge < -0.3 is 10.4 Å². The molecule has 0 unspecified atom stereocenters. The highest BCUT2D eigenvalue weighted by Crippen LogP contribution is 2.23. The van der Waals surface area contributed by atoms with Crippen molar-refractivity contribution in [2.75, 3.05) is 11.9 Å². The van der Waals surface area contributed by atoms with Gasteiger partial charge in [0.25, 0.3) is 0 Å². The summed E-state index contributed by atoms with van der Waals surface area (Å²) in [5.41, 5.74) is 1.34. The maximum Gasteiger partial charge on any atom is 0.358 e. The van der Waals surface area contributed by atoms with E-state index in [2.05, 4.69) is 37.6 Å². The number of aromatic nitrogens is 3. The molecule has 0 amide bonds. The van der Waals surface area contributed by atoms with E-state index in [1.165, 1.54) is 10.9 Å². The molecule has 0 aliphatic heterocycles. The maximum absolute atomic E-state index is 10.7. The molecule has 0 aliphatic carbocycles. The Kier molecular flexibility index (Phi) is 4.32. The molecule has 2 aromatic rings. The second kappa shape index (κ2) is 6.16. The average molecular weight is 336 g/mol. The zero-order chi connectivity index (χ0) is 14.5. The van der Waals surface area contributed by atoms with Crippen LogP contribution in [0, 0.1) is 11.3 Å². The van der Waals surface area contributed by atoms with E-state index in [4.69, 9.17) is 10.4 Å². The minimum Gasteiger partial charge on any atom is -0.476 e. The summed E-state index contributed by atoms with van der Waals surface area (Å²) >= 11 is 3.37. The molecule has 0 aliphatic rings. The quantitative estimate of drug-likeness (QED) is 0.862. The molecule has 1 aromatic carbocycles. The van der Waals surface area contributed by atoms with Crippen molar-refractivity contribution in [1.29, 1.82) is 5.26 Å². The van der Waals surface area contributed by atoms with Crippen molar-refractivity contribution in [2.45, 2.75) is 6.54 Å². The number of nitrogens with zero attached hydrogens (tertiary/aromatic N) is 4. The Balaban J connectivity index is 1.92. The second-order valence-electron chi connectivity index (χ2n) is 3.91. The van der Waals surface area contributed by atoms with Crippen LogP contribution in [0.5, 0.6) is 0 Å². The third-order valence-corrected chi connectivity index (χ3v) is 3.17. The average Bonchev–Trinajstić information content (AvgIpc) is 2.89. The van der Waals surface area contributed by atoms with Gasteiger partial charge in [0.2, 0.25) is 0 Å². The molecule has 0 spiro atoms. The summed E-state index contributed by atoms with van der Waals surface area (Å²) in [6, 6.07) is 7.29. The summed E-state index contributed by atoms with van der Waals surface area (Å²) < 4.78 is 2.25. The molecule has 0 radical (unpaired) electrons. The van der Waals surface area contributed by atoms with Gasteiger partial charge in [0.1, 0.15) is 0 Å². The number of nitriles is 1. The number of benzene rings is 1. The molecule has 0 saturated carbocycles. The first-order valence-electron chi connectivity index (χ1n) is 5.67. The zero-order valence-electron chi connectivity index (χ0n) is 10.2. The minimum absolute atomic E-state index is 0.0791. The number of rotatable bonds is 5. The predicted molar refractivity (Wildman–Crippen MR) is 74.3 cm³/mol. The fourth-order valence-corrected chi connectivity index (χ4v) is 2.06. The lowest BCUT2D eigenvalue weighted by molar-refractivity contribution is 0.0690. The Morgan fingerprint density at radius 2 is 2.35 bits per heavy atom. The van der Waals surface area contributed by atoms with Crippen LogP contribution in [0.2, 0.25) is 0 Å². The highest BCUT2D eigenvalue weighted by Gasteiger charge is 2.07. The zero-order valence-corrected chi connectivity index (χ0v) is 11.8. The molecule has 0 fully saturated rings. The monoisotopic (exact) mass is 335 g/mol. The number of hydrogen-bond acceptors (Lipinski definition) is 5. The van der Waals surface area contributed by atoms with Crippen LogP contribution in [0.3, 0.4) is 0 Å². The number of carboxylic acid groups (broad SMARTS) is 1. The minimum atomic E-state index is -1.10. The molecular weight excluding hydrogens is 326 g/mol. The van der Waals surface area contributed by atoms with E-state index in [0.717, 1.165) is 10.2 Å². The van der Waals surface area contributed by atoms with Crippen LogP contribution in [-0.2, 0) is 6.54 Å². The third-order valence-electron chi connectivity index (χ3n) is 2.51. The number of anilines is 1. The van der Waals surface area contributed by atoms with Crippen molar-refractivity contribution < 1.29 is 9.90 Å². The molecule has 0 atom stereocenters. The lowest BCUT2D eigenvalue weighted by Crippen LogP contribution is -2.11. The summed E-state index contributed by atoms with van der Waals surface area (Å²) in [6.45, 7) is 1.03. The van der Waals surface area contributed by atoms with Gasteiger partial charge in [-0.2, -0.15) is 5.26 Å². The predicted octanol–water partition coefficient (Wildman–Crippen LogP) is 1.72. The van der Waals surface area contributed by atoms with Crippen LogP contribution in [0.4, 0.5) is 5.69 Å². The first-order valence-corrected chi connectivity index (χ1v) is 6.46. The van der Waals surface area contributed by atoms with Gasteiger partial charge in [0.05, 0.1) is 24.4 Å². The smallest absolute Gasteiger partial charge is 0.358 e. The molecule has 1 aromatic heterocycles. The highest BCUT2D eigenvalue weighted by molar-refractivity contribution is 9.10. The molecule has 2 rings (SSSR count). The third kappa shape index (κ3) is 3.33. The summed E-state index contributed by atoms with van der Waals surface area (Å²) in [5.74, 6) is -1.10. The standard InChI is InChI=1S/C12H10BrN5O2/c13-9-5-8(6-14)1-2-10(9)15-3-4-18-7-11(12(19)20)16-17-18/h1-2,5,7,15H,3-4H2,(H,19,20). The molecule has 0 saturated heterocycles. The van der Waals surface area contributed by atoms with Crippen LogP contribution in [0.15, 0.2) is 28.9 Å². The van der Waals surface area contributed by atoms with Crippen LogP contribution in [0.25, 0.3) is 0 Å². The number of carbonyl (C=O) groups is 1. The van der Waals surface area contributed by atoms with E-state index in [1.54, 1.807) is 18.2 Å². The fourth-order valence-electron chi connectivity index (χ4n) is 1.54. The van der Waals surface area contributed by atoms with Crippen molar-refractivity contribution in [2.24, 2.45) is 0 Å². The Labute approximate surface area is 123 Å². The van der Waals surface area contributed by atoms with Crippen molar-refractivity contribution in [3.8, 4) is 6.07 Å². The molecular formula is C12H10BrN5O2. The normalized spacial score (nSPS) is 10.0. The SMILES string of the molecule is N#Cc1ccc(NCCn2cc(C(=O)O)nn2)c(Br)c1. The number of aromatic carboxylic acids is 1. The topological polar surface area (TPSA) is 104 Å². The van der Waals surface area contributed by atoms with Crippen molar-refractivity contribution in [3.63, 3.8) is 0 Å². The fraction of sp³-hybridized carbons (Fsp3) is 0.167. The Bertz CT molecular complexity index is 677. The van der Waals surface area contributed by atoms with Gasteiger partial charge in [-0.3, -0.25) is 0 Å². The van der Waals surface area contributed by atoms with Crippen molar-refractivity contribution in [3.05, 3.63) is 40.1 Å². The number of nitrogens with one attached hydrogen (secondary N) is 1. The largest absolute Gasteiger partial charge is 0.476 e. The lowest BCUT2D eigenvalue weighted by atomic mass is 10.2. The Morgan fingerprint density at radius 1 is 1.55 bits per heavy atom. The number of hydrogen-bond donors (Lipinski definition) is 2. The van der Waals surface area contributed by atoms with Gasteiger partial charge in [-0.25, -0.2) is 9.48 Å². The molecule has 102 valence electrons. The summed E-state index contributed by atoms with van der Waals surface area (Å²) in [5, 5.41) is 27.9. The number of halogens is 1. The van der Waals surface area contributed by atoms with Gasteiger partial charge in [0.15, 0.2) is 5.69 Å². The van der Waals surface area contributed by atoms with E-state index >= 15 is 0 Å². The molecule has 0 bridgehead atoms. The second-order valence-corrected chi connectivity index (χ2v) is 4.76. The highest BCUT2D eigenvalue weighted by atomic mass is 79.9. The first kappa shape index (κ1) is 14.0. The van der Waals surface area contributed by atoms with Crippen LogP contribution in [0.1, 0.15) is 16.1 Å². The van der Waals surface area contributed by atoms with Crippen molar-refractivity contribution in [1.82, 2.24) is 15.0 Å². The van der Waals surface area contributed by atoms with Gasteiger partial charge in [-0.05, 0) is 34.1 Å². The summed E-state index contributed by atoms with van der Waals surface area (Å²) in [7, 11) is 0. The summed E-state index contributed by atoms with van der Waals surface area (Å²) in [4.78, 5) is 10.7. The van der Waals surface area contributed by atoms with Crippen LogP contribution < -0.4 is 5.32 Å². The van der Waals surface area contributed by atoms with E-state index in [0.29, 0.717) is 18.7 Å². The first-order chi connectivity index (χ1) is 9.60. The van der Waals surface area contributed by atoms with E-state index < -0.39 is 5.97 Å². The van der Waals surface area contributed by atoms with Gasteiger partial charge in [-0.1, -0.05) is 5.21 Å². The van der Waals surface area contributed by atoms with Crippen LogP contribution >= 0.6 is 15.9 Å². The number of carboxylic acids is 1. The van der Waals surface area contributed by atoms with Gasteiger partial charge >= 0.3 is 5.97 Å². The van der Waals surface area contributed by atoms with Gasteiger partial charge in [-0.15, -0.1) is 5.10 Å². The van der Waals surface area contributed by atoms with E-state index in [-0.39, 0.29) is 5.69 Å². The Morgan fingerprint density at radius 3 is 2.95 bits per heavy atom. The molecule has 1 heterocycles. The molecule has 20 heavy (non-hydrogen) atoms. The summed E-state index contributed by atoms with van der Waals surface area (Å²) in [6.07, 6.45) is 1.37. The van der Waals surface area contributed by atoms with Crippen molar-refractivity contribution >= 4 is 27.6 Å². The molecule has 8 heteroatoms. The van der Waals surface area contributed by atoms with E-state index in [1.807, 2.05) is 0 Å².